The second-order valence-electron chi connectivity index (χ2n) is 2.63. The average Bonchev–Trinajstić information content (AvgIpc) is 2.12. The van der Waals surface area contributed by atoms with Gasteiger partial charge in [0.15, 0.2) is 0 Å². The second kappa shape index (κ2) is 3.10. The number of aromatic amines is 1. The molecule has 4 heteroatoms. The SMILES string of the molecule is O=c1c(I)c[nH]c2c(F)cccc12. The fourth-order valence-electron chi connectivity index (χ4n) is 1.19. The average molecular weight is 289 g/mol. The fraction of sp³-hybridized carbons (Fsp3) is 0. The summed E-state index contributed by atoms with van der Waals surface area (Å²) in [4.78, 5) is 14.2. The van der Waals surface area contributed by atoms with Gasteiger partial charge in [-0.05, 0) is 34.7 Å². The third kappa shape index (κ3) is 1.35. The molecule has 0 bridgehead atoms. The Morgan fingerprint density at radius 3 is 2.92 bits per heavy atom. The summed E-state index contributed by atoms with van der Waals surface area (Å²) < 4.78 is 13.7. The van der Waals surface area contributed by atoms with Crippen molar-refractivity contribution in [1.82, 2.24) is 4.98 Å². The van der Waals surface area contributed by atoms with Crippen LogP contribution in [0.2, 0.25) is 0 Å². The molecule has 2 rings (SSSR count). The number of pyridine rings is 1. The van der Waals surface area contributed by atoms with E-state index in [1.807, 2.05) is 22.6 Å². The van der Waals surface area contributed by atoms with E-state index < -0.39 is 5.82 Å². The van der Waals surface area contributed by atoms with Gasteiger partial charge in [-0.25, -0.2) is 4.39 Å². The number of aromatic nitrogens is 1. The van der Waals surface area contributed by atoms with Gasteiger partial charge in [-0.1, -0.05) is 6.07 Å². The van der Waals surface area contributed by atoms with Crippen LogP contribution in [0.25, 0.3) is 10.9 Å². The monoisotopic (exact) mass is 289 g/mol. The first-order valence-corrected chi connectivity index (χ1v) is 4.73. The van der Waals surface area contributed by atoms with Crippen LogP contribution in [-0.4, -0.2) is 4.98 Å². The van der Waals surface area contributed by atoms with Crippen molar-refractivity contribution in [3.05, 3.63) is 44.0 Å². The van der Waals surface area contributed by atoms with E-state index in [9.17, 15) is 9.18 Å². The third-order valence-electron chi connectivity index (χ3n) is 1.82. The van der Waals surface area contributed by atoms with E-state index >= 15 is 0 Å². The number of rotatable bonds is 0. The van der Waals surface area contributed by atoms with Gasteiger partial charge < -0.3 is 4.98 Å². The number of nitrogens with one attached hydrogen (secondary N) is 1. The van der Waals surface area contributed by atoms with E-state index in [-0.39, 0.29) is 10.9 Å². The fourth-order valence-corrected chi connectivity index (χ4v) is 1.64. The van der Waals surface area contributed by atoms with E-state index in [0.29, 0.717) is 8.96 Å². The molecule has 0 unspecified atom stereocenters. The molecule has 1 heterocycles. The highest BCUT2D eigenvalue weighted by Gasteiger charge is 2.05. The van der Waals surface area contributed by atoms with Gasteiger partial charge in [0.1, 0.15) is 5.82 Å². The molecule has 1 aromatic carbocycles. The Labute approximate surface area is 86.9 Å². The number of hydrogen-bond acceptors (Lipinski definition) is 1. The van der Waals surface area contributed by atoms with E-state index in [2.05, 4.69) is 4.98 Å². The van der Waals surface area contributed by atoms with E-state index in [0.717, 1.165) is 0 Å². The van der Waals surface area contributed by atoms with Crippen molar-refractivity contribution in [1.29, 1.82) is 0 Å². The molecular weight excluding hydrogens is 284 g/mol. The Kier molecular flexibility index (Phi) is 2.07. The highest BCUT2D eigenvalue weighted by molar-refractivity contribution is 14.1. The number of halogens is 2. The van der Waals surface area contributed by atoms with Gasteiger partial charge in [0.2, 0.25) is 5.43 Å². The maximum Gasteiger partial charge on any atom is 0.202 e. The summed E-state index contributed by atoms with van der Waals surface area (Å²) in [7, 11) is 0. The van der Waals surface area contributed by atoms with Crippen LogP contribution in [0, 0.1) is 9.39 Å². The molecule has 0 aliphatic carbocycles. The van der Waals surface area contributed by atoms with Crippen molar-refractivity contribution in [3.8, 4) is 0 Å². The summed E-state index contributed by atoms with van der Waals surface area (Å²) in [5.41, 5.74) is 0.141. The van der Waals surface area contributed by atoms with E-state index in [4.69, 9.17) is 0 Å². The van der Waals surface area contributed by atoms with Crippen LogP contribution in [0.1, 0.15) is 0 Å². The first-order chi connectivity index (χ1) is 6.20. The van der Waals surface area contributed by atoms with Gasteiger partial charge in [0.25, 0.3) is 0 Å². The minimum Gasteiger partial charge on any atom is -0.358 e. The van der Waals surface area contributed by atoms with Gasteiger partial charge in [0.05, 0.1) is 9.09 Å². The minimum absolute atomic E-state index is 0.131. The molecule has 0 atom stereocenters. The molecule has 0 spiro atoms. The summed E-state index contributed by atoms with van der Waals surface area (Å²) >= 11 is 1.92. The molecule has 0 aliphatic heterocycles. The van der Waals surface area contributed by atoms with Crippen molar-refractivity contribution >= 4 is 33.5 Å². The normalized spacial score (nSPS) is 10.6. The predicted octanol–water partition coefficient (Wildman–Crippen LogP) is 2.27. The van der Waals surface area contributed by atoms with E-state index in [1.165, 1.54) is 18.3 Å². The van der Waals surface area contributed by atoms with Gasteiger partial charge in [-0.2, -0.15) is 0 Å². The van der Waals surface area contributed by atoms with Crippen molar-refractivity contribution in [2.24, 2.45) is 0 Å². The van der Waals surface area contributed by atoms with Crippen LogP contribution in [0.15, 0.2) is 29.2 Å². The van der Waals surface area contributed by atoms with Crippen molar-refractivity contribution < 1.29 is 4.39 Å². The molecule has 0 saturated carbocycles. The van der Waals surface area contributed by atoms with Gasteiger partial charge in [0, 0.05) is 11.6 Å². The maximum absolute atomic E-state index is 13.1. The Balaban J connectivity index is 3.03. The zero-order valence-corrected chi connectivity index (χ0v) is 8.63. The molecule has 13 heavy (non-hydrogen) atoms. The molecule has 2 aromatic rings. The molecule has 0 amide bonds. The number of benzene rings is 1. The summed E-state index contributed by atoms with van der Waals surface area (Å²) in [5.74, 6) is -0.397. The van der Waals surface area contributed by atoms with Crippen LogP contribution in [-0.2, 0) is 0 Å². The quantitative estimate of drug-likeness (QED) is 0.741. The lowest BCUT2D eigenvalue weighted by Gasteiger charge is -1.98. The minimum atomic E-state index is -0.397. The lowest BCUT2D eigenvalue weighted by Crippen LogP contribution is -2.06. The van der Waals surface area contributed by atoms with Crippen LogP contribution >= 0.6 is 22.6 Å². The first kappa shape index (κ1) is 8.68. The molecule has 2 nitrogen and oxygen atoms in total. The predicted molar refractivity (Wildman–Crippen MR) is 57.2 cm³/mol. The molecule has 0 saturated heterocycles. The molecule has 1 aromatic heterocycles. The highest BCUT2D eigenvalue weighted by Crippen LogP contribution is 2.12. The molecule has 0 radical (unpaired) electrons. The summed E-state index contributed by atoms with van der Waals surface area (Å²) in [5, 5.41) is 0.395. The lowest BCUT2D eigenvalue weighted by atomic mass is 10.2. The van der Waals surface area contributed by atoms with Crippen LogP contribution < -0.4 is 5.43 Å². The topological polar surface area (TPSA) is 32.9 Å². The Morgan fingerprint density at radius 2 is 2.15 bits per heavy atom. The number of hydrogen-bond donors (Lipinski definition) is 1. The number of fused-ring (bicyclic) bond motifs is 1. The van der Waals surface area contributed by atoms with Gasteiger partial charge in [-0.3, -0.25) is 4.79 Å². The Bertz CT molecular complexity index is 520. The van der Waals surface area contributed by atoms with Crippen molar-refractivity contribution in [2.75, 3.05) is 0 Å². The second-order valence-corrected chi connectivity index (χ2v) is 3.79. The third-order valence-corrected chi connectivity index (χ3v) is 2.62. The zero-order chi connectivity index (χ0) is 9.42. The van der Waals surface area contributed by atoms with Gasteiger partial charge >= 0.3 is 0 Å². The molecule has 0 aliphatic rings. The van der Waals surface area contributed by atoms with Gasteiger partial charge in [-0.15, -0.1) is 0 Å². The zero-order valence-electron chi connectivity index (χ0n) is 6.47. The smallest absolute Gasteiger partial charge is 0.202 e. The molecule has 0 fully saturated rings. The van der Waals surface area contributed by atoms with E-state index in [1.54, 1.807) is 6.07 Å². The largest absolute Gasteiger partial charge is 0.358 e. The maximum atomic E-state index is 13.1. The van der Waals surface area contributed by atoms with Crippen LogP contribution in [0.4, 0.5) is 4.39 Å². The van der Waals surface area contributed by atoms with Crippen LogP contribution in [0.3, 0.4) is 0 Å². The number of para-hydroxylation sites is 1. The standard InChI is InChI=1S/C9H5FINO/c10-6-3-1-2-5-8(6)12-4-7(11)9(5)13/h1-4H,(H,12,13). The summed E-state index contributed by atoms with van der Waals surface area (Å²) in [6.07, 6.45) is 1.51. The van der Waals surface area contributed by atoms with Crippen LogP contribution in [0.5, 0.6) is 0 Å². The molecular formula is C9H5FINO. The summed E-state index contributed by atoms with van der Waals surface area (Å²) in [6.45, 7) is 0. The first-order valence-electron chi connectivity index (χ1n) is 3.65. The molecule has 66 valence electrons. The summed E-state index contributed by atoms with van der Waals surface area (Å²) in [6, 6.07) is 4.47. The number of H-pyrrole nitrogens is 1. The molecule has 1 N–H and O–H groups in total. The van der Waals surface area contributed by atoms with Crippen molar-refractivity contribution in [2.45, 2.75) is 0 Å². The Morgan fingerprint density at radius 1 is 1.38 bits per heavy atom. The highest BCUT2D eigenvalue weighted by atomic mass is 127. The van der Waals surface area contributed by atoms with Crippen molar-refractivity contribution in [3.63, 3.8) is 0 Å². The Hall–Kier alpha value is -0.910. The lowest BCUT2D eigenvalue weighted by molar-refractivity contribution is 0.636.